The molecule has 0 radical (unpaired) electrons. The van der Waals surface area contributed by atoms with Crippen LogP contribution in [0.1, 0.15) is 49.5 Å². The molecule has 10 nitrogen and oxygen atoms in total. The monoisotopic (exact) mass is 477 g/mol. The van der Waals surface area contributed by atoms with Gasteiger partial charge in [-0.15, -0.1) is 5.10 Å². The van der Waals surface area contributed by atoms with E-state index >= 15 is 0 Å². The number of unbranched alkanes of at least 4 members (excludes halogenated alkanes) is 1. The van der Waals surface area contributed by atoms with Crippen LogP contribution in [0.5, 0.6) is 0 Å². The molecule has 0 spiro atoms. The lowest BCUT2D eigenvalue weighted by molar-refractivity contribution is -0.122. The molecule has 2 aromatic rings. The summed E-state index contributed by atoms with van der Waals surface area (Å²) in [6, 6.07) is 7.55. The SMILES string of the molecule is CN1CCC(NC(CCCCB(O)O)c2nnnn2CC(=O)NCc2ccc(Cl)cc2)CC1. The minimum absolute atomic E-state index is 0.0247. The molecule has 1 atom stereocenters. The van der Waals surface area contributed by atoms with Crippen molar-refractivity contribution in [3.05, 3.63) is 40.7 Å². The number of likely N-dealkylation sites (tertiary alicyclic amines) is 1. The molecule has 0 aliphatic carbocycles. The van der Waals surface area contributed by atoms with Crippen LogP contribution in [0.4, 0.5) is 0 Å². The molecule has 1 fully saturated rings. The number of benzene rings is 1. The van der Waals surface area contributed by atoms with Crippen LogP contribution in [-0.2, 0) is 17.9 Å². The van der Waals surface area contributed by atoms with Crippen molar-refractivity contribution >= 4 is 24.6 Å². The van der Waals surface area contributed by atoms with Gasteiger partial charge in [0.1, 0.15) is 6.54 Å². The number of carbonyl (C=O) groups excluding carboxylic acids is 1. The average molecular weight is 478 g/mol. The molecular weight excluding hydrogens is 445 g/mol. The molecule has 1 aromatic heterocycles. The third-order valence-electron chi connectivity index (χ3n) is 5.93. The van der Waals surface area contributed by atoms with Gasteiger partial charge in [0.05, 0.1) is 6.04 Å². The minimum Gasteiger partial charge on any atom is -0.427 e. The van der Waals surface area contributed by atoms with Crippen molar-refractivity contribution in [1.29, 1.82) is 0 Å². The van der Waals surface area contributed by atoms with Gasteiger partial charge in [-0.3, -0.25) is 4.79 Å². The molecule has 1 aliphatic rings. The van der Waals surface area contributed by atoms with Crippen molar-refractivity contribution in [2.45, 2.75) is 63.6 Å². The lowest BCUT2D eigenvalue weighted by Crippen LogP contribution is -2.43. The first-order valence-corrected chi connectivity index (χ1v) is 11.9. The number of amides is 1. The summed E-state index contributed by atoms with van der Waals surface area (Å²) in [6.07, 6.45) is 4.62. The quantitative estimate of drug-likeness (QED) is 0.263. The number of rotatable bonds is 12. The van der Waals surface area contributed by atoms with Crippen LogP contribution >= 0.6 is 11.6 Å². The Hall–Kier alpha value is -2.05. The second-order valence-electron chi connectivity index (χ2n) is 8.66. The maximum atomic E-state index is 12.6. The predicted molar refractivity (Wildman–Crippen MR) is 126 cm³/mol. The van der Waals surface area contributed by atoms with Crippen molar-refractivity contribution in [2.24, 2.45) is 0 Å². The molecular formula is C21H33BClN7O3. The standard InChI is InChI=1S/C21H33BClN7O3/c1-29-12-9-18(10-13-29)25-19(4-2-3-11-22(32)33)21-26-27-28-30(21)15-20(31)24-14-16-5-7-17(23)8-6-16/h5-8,18-19,25,32-33H,2-4,9-15H2,1H3,(H,24,31). The van der Waals surface area contributed by atoms with E-state index in [0.717, 1.165) is 44.3 Å². The van der Waals surface area contributed by atoms with E-state index in [4.69, 9.17) is 21.6 Å². The molecule has 12 heteroatoms. The fourth-order valence-electron chi connectivity index (χ4n) is 3.99. The van der Waals surface area contributed by atoms with Crippen LogP contribution in [0, 0.1) is 0 Å². The number of nitrogens with one attached hydrogen (secondary N) is 2. The Labute approximate surface area is 199 Å². The summed E-state index contributed by atoms with van der Waals surface area (Å²) >= 11 is 5.91. The summed E-state index contributed by atoms with van der Waals surface area (Å²) < 4.78 is 1.55. The summed E-state index contributed by atoms with van der Waals surface area (Å²) in [5, 5.41) is 37.6. The smallest absolute Gasteiger partial charge is 0.427 e. The highest BCUT2D eigenvalue weighted by molar-refractivity contribution is 6.40. The second kappa shape index (κ2) is 13.0. The Morgan fingerprint density at radius 1 is 1.24 bits per heavy atom. The van der Waals surface area contributed by atoms with Crippen LogP contribution in [0.15, 0.2) is 24.3 Å². The number of nitrogens with zero attached hydrogens (tertiary/aromatic N) is 5. The van der Waals surface area contributed by atoms with Gasteiger partial charge in [0.2, 0.25) is 5.91 Å². The lowest BCUT2D eigenvalue weighted by Gasteiger charge is -2.32. The number of hydrogen-bond donors (Lipinski definition) is 4. The summed E-state index contributed by atoms with van der Waals surface area (Å²) in [5.41, 5.74) is 0.956. The molecule has 0 bridgehead atoms. The maximum absolute atomic E-state index is 12.6. The highest BCUT2D eigenvalue weighted by Crippen LogP contribution is 2.21. The fraction of sp³-hybridized carbons (Fsp3) is 0.619. The van der Waals surface area contributed by atoms with E-state index in [0.29, 0.717) is 36.2 Å². The van der Waals surface area contributed by atoms with Crippen LogP contribution < -0.4 is 10.6 Å². The van der Waals surface area contributed by atoms with Gasteiger partial charge in [-0.25, -0.2) is 4.68 Å². The highest BCUT2D eigenvalue weighted by atomic mass is 35.5. The van der Waals surface area contributed by atoms with Crippen LogP contribution in [0.25, 0.3) is 0 Å². The summed E-state index contributed by atoms with van der Waals surface area (Å²) in [6.45, 7) is 2.48. The Morgan fingerprint density at radius 3 is 2.67 bits per heavy atom. The zero-order valence-electron chi connectivity index (χ0n) is 19.0. The highest BCUT2D eigenvalue weighted by Gasteiger charge is 2.25. The van der Waals surface area contributed by atoms with Crippen LogP contribution in [0.2, 0.25) is 11.3 Å². The topological polar surface area (TPSA) is 128 Å². The zero-order chi connectivity index (χ0) is 23.6. The van der Waals surface area contributed by atoms with E-state index in [1.807, 2.05) is 12.1 Å². The van der Waals surface area contributed by atoms with Gasteiger partial charge in [0.15, 0.2) is 5.82 Å². The van der Waals surface area contributed by atoms with Crippen molar-refractivity contribution in [3.63, 3.8) is 0 Å². The first kappa shape index (κ1) is 25.6. The Bertz CT molecular complexity index is 860. The maximum Gasteiger partial charge on any atom is 0.451 e. The van der Waals surface area contributed by atoms with Gasteiger partial charge in [-0.05, 0) is 73.8 Å². The second-order valence-corrected chi connectivity index (χ2v) is 9.10. The number of halogens is 1. The van der Waals surface area contributed by atoms with Crippen molar-refractivity contribution in [3.8, 4) is 0 Å². The number of carbonyl (C=O) groups is 1. The van der Waals surface area contributed by atoms with Gasteiger partial charge in [-0.1, -0.05) is 36.6 Å². The van der Waals surface area contributed by atoms with E-state index in [1.54, 1.807) is 16.8 Å². The van der Waals surface area contributed by atoms with Crippen molar-refractivity contribution in [2.75, 3.05) is 20.1 Å². The van der Waals surface area contributed by atoms with Gasteiger partial charge in [0.25, 0.3) is 0 Å². The van der Waals surface area contributed by atoms with Crippen molar-refractivity contribution < 1.29 is 14.8 Å². The Kier molecular flexibility index (Phi) is 10.1. The summed E-state index contributed by atoms with van der Waals surface area (Å²) in [4.78, 5) is 14.9. The molecule has 3 rings (SSSR count). The van der Waals surface area contributed by atoms with E-state index in [2.05, 4.69) is 38.1 Å². The van der Waals surface area contributed by atoms with Gasteiger partial charge in [-0.2, -0.15) is 0 Å². The normalized spacial score (nSPS) is 16.0. The molecule has 1 amide bonds. The van der Waals surface area contributed by atoms with E-state index in [-0.39, 0.29) is 18.5 Å². The average Bonchev–Trinajstić information content (AvgIpc) is 3.24. The predicted octanol–water partition coefficient (Wildman–Crippen LogP) is 1.01. The molecule has 33 heavy (non-hydrogen) atoms. The molecule has 2 heterocycles. The number of piperidine rings is 1. The van der Waals surface area contributed by atoms with Gasteiger partial charge >= 0.3 is 7.12 Å². The van der Waals surface area contributed by atoms with Crippen LogP contribution in [-0.4, -0.2) is 74.4 Å². The van der Waals surface area contributed by atoms with Gasteiger partial charge < -0.3 is 25.6 Å². The third kappa shape index (κ3) is 8.67. The van der Waals surface area contributed by atoms with E-state index in [1.165, 1.54) is 0 Å². The van der Waals surface area contributed by atoms with Crippen molar-refractivity contribution in [1.82, 2.24) is 35.7 Å². The first-order valence-electron chi connectivity index (χ1n) is 11.5. The molecule has 1 aromatic carbocycles. The molecule has 1 aliphatic heterocycles. The van der Waals surface area contributed by atoms with Gasteiger partial charge in [0, 0.05) is 17.6 Å². The van der Waals surface area contributed by atoms with E-state index in [9.17, 15) is 4.79 Å². The molecule has 4 N–H and O–H groups in total. The molecule has 1 saturated heterocycles. The summed E-state index contributed by atoms with van der Waals surface area (Å²) in [5.74, 6) is 0.445. The lowest BCUT2D eigenvalue weighted by atomic mass is 9.83. The number of aromatic nitrogens is 4. The first-order chi connectivity index (χ1) is 15.9. The molecule has 1 unspecified atom stereocenters. The van der Waals surface area contributed by atoms with Crippen LogP contribution in [0.3, 0.4) is 0 Å². The summed E-state index contributed by atoms with van der Waals surface area (Å²) in [7, 11) is 0.830. The third-order valence-corrected chi connectivity index (χ3v) is 6.18. The number of hydrogen-bond acceptors (Lipinski definition) is 8. The fourth-order valence-corrected chi connectivity index (χ4v) is 4.12. The number of tetrazole rings is 1. The zero-order valence-corrected chi connectivity index (χ0v) is 19.8. The van der Waals surface area contributed by atoms with E-state index < -0.39 is 7.12 Å². The molecule has 0 saturated carbocycles. The Morgan fingerprint density at radius 2 is 1.97 bits per heavy atom. The largest absolute Gasteiger partial charge is 0.451 e. The minimum atomic E-state index is -1.29. The molecule has 180 valence electrons. The Balaban J connectivity index is 1.60.